The Bertz CT molecular complexity index is 641. The van der Waals surface area contributed by atoms with Crippen molar-refractivity contribution in [1.29, 1.82) is 0 Å². The van der Waals surface area contributed by atoms with Gasteiger partial charge in [0.15, 0.2) is 0 Å². The molecule has 1 N–H and O–H groups in total. The standard InChI is InChI=1S/C22H34O6S2/c1-16(14-22(29-8-5-9-30-22)15-18(25-2)6-7-23)28-21(24)12-17-10-19(26-3)13-20(11-17)27-4/h10-11,13,16,18,23H,5-9,12,14-15H2,1-4H3/t16-,18-/m0/s1. The summed E-state index contributed by atoms with van der Waals surface area (Å²) in [6.45, 7) is 2.06. The van der Waals surface area contributed by atoms with Crippen molar-refractivity contribution in [3.8, 4) is 11.5 Å². The third-order valence-electron chi connectivity index (χ3n) is 5.03. The molecular weight excluding hydrogens is 424 g/mol. The molecule has 0 amide bonds. The molecule has 2 atom stereocenters. The van der Waals surface area contributed by atoms with Crippen molar-refractivity contribution >= 4 is 29.5 Å². The number of esters is 1. The molecule has 30 heavy (non-hydrogen) atoms. The minimum atomic E-state index is -0.266. The zero-order valence-electron chi connectivity index (χ0n) is 18.3. The van der Waals surface area contributed by atoms with Gasteiger partial charge in [-0.25, -0.2) is 0 Å². The van der Waals surface area contributed by atoms with Gasteiger partial charge in [0.2, 0.25) is 0 Å². The molecular formula is C22H34O6S2. The lowest BCUT2D eigenvalue weighted by Crippen LogP contribution is -2.35. The number of thioether (sulfide) groups is 2. The van der Waals surface area contributed by atoms with Gasteiger partial charge in [0.05, 0.1) is 30.8 Å². The summed E-state index contributed by atoms with van der Waals surface area (Å²) in [4.78, 5) is 12.6. The molecule has 1 aliphatic rings. The third-order valence-corrected chi connectivity index (χ3v) is 8.44. The second-order valence-electron chi connectivity index (χ2n) is 7.44. The molecule has 0 aliphatic carbocycles. The van der Waals surface area contributed by atoms with Crippen LogP contribution >= 0.6 is 23.5 Å². The minimum Gasteiger partial charge on any atom is -0.497 e. The Morgan fingerprint density at radius 2 is 1.73 bits per heavy atom. The minimum absolute atomic E-state index is 0.000231. The number of aliphatic hydroxyl groups excluding tert-OH is 1. The Morgan fingerprint density at radius 3 is 2.27 bits per heavy atom. The highest BCUT2D eigenvalue weighted by Gasteiger charge is 2.38. The molecule has 1 saturated heterocycles. The molecule has 170 valence electrons. The van der Waals surface area contributed by atoms with Crippen molar-refractivity contribution in [3.63, 3.8) is 0 Å². The van der Waals surface area contributed by atoms with E-state index < -0.39 is 0 Å². The zero-order chi connectivity index (χ0) is 22.0. The highest BCUT2D eigenvalue weighted by molar-refractivity contribution is 8.18. The molecule has 0 bridgehead atoms. The Hall–Kier alpha value is -1.09. The molecule has 0 saturated carbocycles. The first kappa shape index (κ1) is 25.2. The Labute approximate surface area is 188 Å². The molecule has 6 nitrogen and oxygen atoms in total. The van der Waals surface area contributed by atoms with Crippen LogP contribution in [-0.2, 0) is 20.7 Å². The molecule has 0 unspecified atom stereocenters. The largest absolute Gasteiger partial charge is 0.497 e. The van der Waals surface area contributed by atoms with Crippen LogP contribution in [0.2, 0.25) is 0 Å². The first-order valence-electron chi connectivity index (χ1n) is 10.3. The molecule has 1 heterocycles. The lowest BCUT2D eigenvalue weighted by molar-refractivity contribution is -0.147. The summed E-state index contributed by atoms with van der Waals surface area (Å²) in [6.07, 6.45) is 3.33. The monoisotopic (exact) mass is 458 g/mol. The van der Waals surface area contributed by atoms with Gasteiger partial charge >= 0.3 is 5.97 Å². The van der Waals surface area contributed by atoms with E-state index >= 15 is 0 Å². The summed E-state index contributed by atoms with van der Waals surface area (Å²) in [5, 5.41) is 9.32. The van der Waals surface area contributed by atoms with E-state index in [0.29, 0.717) is 17.9 Å². The van der Waals surface area contributed by atoms with Crippen molar-refractivity contribution in [2.45, 2.75) is 55.3 Å². The van der Waals surface area contributed by atoms with Crippen molar-refractivity contribution in [1.82, 2.24) is 0 Å². The highest BCUT2D eigenvalue weighted by Crippen LogP contribution is 2.49. The van der Waals surface area contributed by atoms with Crippen molar-refractivity contribution in [3.05, 3.63) is 23.8 Å². The summed E-state index contributed by atoms with van der Waals surface area (Å²) in [6, 6.07) is 5.42. The number of carbonyl (C=O) groups excluding carboxylic acids is 1. The number of carbonyl (C=O) groups is 1. The van der Waals surface area contributed by atoms with Gasteiger partial charge in [-0.15, -0.1) is 23.5 Å². The van der Waals surface area contributed by atoms with Gasteiger partial charge < -0.3 is 24.1 Å². The van der Waals surface area contributed by atoms with Crippen LogP contribution in [0.3, 0.4) is 0 Å². The van der Waals surface area contributed by atoms with E-state index in [1.54, 1.807) is 27.4 Å². The van der Waals surface area contributed by atoms with Gasteiger partial charge in [0.25, 0.3) is 0 Å². The average Bonchev–Trinajstić information content (AvgIpc) is 2.73. The van der Waals surface area contributed by atoms with E-state index in [1.807, 2.05) is 42.6 Å². The normalized spacial score (nSPS) is 17.8. The number of aliphatic hydroxyl groups is 1. The van der Waals surface area contributed by atoms with Crippen molar-refractivity contribution in [2.75, 3.05) is 39.4 Å². The van der Waals surface area contributed by atoms with E-state index in [4.69, 9.17) is 18.9 Å². The molecule has 0 spiro atoms. The lowest BCUT2D eigenvalue weighted by Gasteiger charge is -2.39. The van der Waals surface area contributed by atoms with E-state index in [0.717, 1.165) is 29.9 Å². The molecule has 1 aliphatic heterocycles. The quantitative estimate of drug-likeness (QED) is 0.473. The first-order chi connectivity index (χ1) is 14.4. The van der Waals surface area contributed by atoms with Gasteiger partial charge in [-0.05, 0) is 55.4 Å². The Morgan fingerprint density at radius 1 is 1.10 bits per heavy atom. The molecule has 1 fully saturated rings. The SMILES string of the molecule is COc1cc(CC(=O)O[C@@H](C)CC2(C[C@H](CCO)OC)SCCCS2)cc(OC)c1. The van der Waals surface area contributed by atoms with Crippen LogP contribution in [0.15, 0.2) is 18.2 Å². The average molecular weight is 459 g/mol. The van der Waals surface area contributed by atoms with E-state index in [-0.39, 0.29) is 35.3 Å². The fourth-order valence-corrected chi connectivity index (χ4v) is 7.26. The van der Waals surface area contributed by atoms with Gasteiger partial charge in [0.1, 0.15) is 17.6 Å². The van der Waals surface area contributed by atoms with Crippen LogP contribution in [-0.4, -0.2) is 66.8 Å². The summed E-state index contributed by atoms with van der Waals surface area (Å²) >= 11 is 3.85. The van der Waals surface area contributed by atoms with Gasteiger partial charge in [-0.2, -0.15) is 0 Å². The fraction of sp³-hybridized carbons (Fsp3) is 0.682. The first-order valence-corrected chi connectivity index (χ1v) is 12.2. The van der Waals surface area contributed by atoms with Crippen molar-refractivity contribution in [2.24, 2.45) is 0 Å². The van der Waals surface area contributed by atoms with Gasteiger partial charge in [-0.1, -0.05) is 0 Å². The highest BCUT2D eigenvalue weighted by atomic mass is 32.2. The molecule has 2 rings (SSSR count). The summed E-state index contributed by atoms with van der Waals surface area (Å²) in [7, 11) is 4.86. The predicted molar refractivity (Wildman–Crippen MR) is 123 cm³/mol. The molecule has 1 aromatic carbocycles. The maximum Gasteiger partial charge on any atom is 0.310 e. The van der Waals surface area contributed by atoms with Crippen molar-refractivity contribution < 1.29 is 28.8 Å². The summed E-state index contributed by atoms with van der Waals surface area (Å²) in [5.41, 5.74) is 0.793. The maximum absolute atomic E-state index is 12.6. The number of hydrogen-bond acceptors (Lipinski definition) is 8. The second-order valence-corrected chi connectivity index (χ2v) is 10.7. The van der Waals surface area contributed by atoms with E-state index in [1.165, 1.54) is 6.42 Å². The fourth-order valence-electron chi connectivity index (χ4n) is 3.61. The van der Waals surface area contributed by atoms with Crippen LogP contribution in [0.25, 0.3) is 0 Å². The molecule has 0 radical (unpaired) electrons. The van der Waals surface area contributed by atoms with E-state index in [2.05, 4.69) is 0 Å². The predicted octanol–water partition coefficient (Wildman–Crippen LogP) is 3.92. The Balaban J connectivity index is 1.99. The van der Waals surface area contributed by atoms with E-state index in [9.17, 15) is 9.90 Å². The second kappa shape index (κ2) is 12.7. The molecule has 1 aromatic rings. The maximum atomic E-state index is 12.6. The Kier molecular flexibility index (Phi) is 10.6. The molecule has 8 heteroatoms. The number of ether oxygens (including phenoxy) is 4. The van der Waals surface area contributed by atoms with Crippen LogP contribution in [0.5, 0.6) is 11.5 Å². The number of methoxy groups -OCH3 is 3. The number of hydrogen-bond donors (Lipinski definition) is 1. The topological polar surface area (TPSA) is 74.2 Å². The number of rotatable bonds is 12. The summed E-state index contributed by atoms with van der Waals surface area (Å²) < 4.78 is 21.8. The summed E-state index contributed by atoms with van der Waals surface area (Å²) in [5.74, 6) is 3.21. The zero-order valence-corrected chi connectivity index (χ0v) is 20.0. The van der Waals surface area contributed by atoms with Crippen LogP contribution in [0, 0.1) is 0 Å². The van der Waals surface area contributed by atoms with Crippen LogP contribution < -0.4 is 9.47 Å². The lowest BCUT2D eigenvalue weighted by atomic mass is 10.1. The molecule has 0 aromatic heterocycles. The van der Waals surface area contributed by atoms with Gasteiger partial charge in [0, 0.05) is 26.2 Å². The smallest absolute Gasteiger partial charge is 0.310 e. The third kappa shape index (κ3) is 7.87. The van der Waals surface area contributed by atoms with Crippen LogP contribution in [0.4, 0.5) is 0 Å². The number of benzene rings is 1. The van der Waals surface area contributed by atoms with Gasteiger partial charge in [-0.3, -0.25) is 4.79 Å². The van der Waals surface area contributed by atoms with Crippen LogP contribution in [0.1, 0.15) is 38.2 Å².